The maximum Gasteiger partial charge on any atom is 0.259 e. The van der Waals surface area contributed by atoms with E-state index in [0.29, 0.717) is 34.4 Å². The smallest absolute Gasteiger partial charge is 0.259 e. The monoisotopic (exact) mass is 406 g/mol. The number of aryl methyl sites for hydroxylation is 1. The zero-order valence-corrected chi connectivity index (χ0v) is 17.5. The standard InChI is InChI=1S/C23H26N4O3/c1-13-9-19(22(28)25-15-11-16-7-8-17(12-15)27(16)2)20-21(26-30-23(20)24-13)14-5-4-6-18(10-14)29-3/h4-6,9-10,15-17H,7-8,11-12H2,1-3H3,(H,25,28)/t16-,17-/m0/s1. The number of aromatic nitrogens is 2. The Morgan fingerprint density at radius 2 is 2.00 bits per heavy atom. The first-order valence-corrected chi connectivity index (χ1v) is 10.5. The molecule has 0 unspecified atom stereocenters. The molecule has 7 nitrogen and oxygen atoms in total. The van der Waals surface area contributed by atoms with Gasteiger partial charge in [-0.1, -0.05) is 17.3 Å². The average molecular weight is 406 g/mol. The SMILES string of the molecule is COc1cccc(-c2noc3nc(C)cc(C(=O)NC4C[C@@H]5CC[C@@H](C4)N5C)c23)c1. The van der Waals surface area contributed by atoms with Gasteiger partial charge < -0.3 is 19.5 Å². The van der Waals surface area contributed by atoms with E-state index in [-0.39, 0.29) is 11.9 Å². The van der Waals surface area contributed by atoms with Crippen LogP contribution in [0.15, 0.2) is 34.9 Å². The molecule has 3 aromatic rings. The largest absolute Gasteiger partial charge is 0.497 e. The second kappa shape index (κ2) is 7.40. The molecule has 1 amide bonds. The number of methoxy groups -OCH3 is 1. The molecule has 2 aromatic heterocycles. The van der Waals surface area contributed by atoms with Crippen LogP contribution in [0, 0.1) is 6.92 Å². The molecule has 0 saturated carbocycles. The van der Waals surface area contributed by atoms with E-state index in [0.717, 1.165) is 29.8 Å². The van der Waals surface area contributed by atoms with E-state index >= 15 is 0 Å². The van der Waals surface area contributed by atoms with Crippen molar-refractivity contribution in [2.75, 3.05) is 14.2 Å². The number of carbonyl (C=O) groups excluding carboxylic acids is 1. The molecule has 0 aliphatic carbocycles. The van der Waals surface area contributed by atoms with Gasteiger partial charge in [-0.2, -0.15) is 0 Å². The normalized spacial score (nSPS) is 23.6. The molecule has 0 radical (unpaired) electrons. The topological polar surface area (TPSA) is 80.5 Å². The van der Waals surface area contributed by atoms with Crippen molar-refractivity contribution in [1.29, 1.82) is 0 Å². The van der Waals surface area contributed by atoms with Gasteiger partial charge in [0.15, 0.2) is 0 Å². The molecule has 1 N–H and O–H groups in total. The summed E-state index contributed by atoms with van der Waals surface area (Å²) in [5.74, 6) is 0.628. The summed E-state index contributed by atoms with van der Waals surface area (Å²) in [6.07, 6.45) is 4.44. The molecule has 30 heavy (non-hydrogen) atoms. The average Bonchev–Trinajstić information content (AvgIpc) is 3.24. The number of fused-ring (bicyclic) bond motifs is 3. The van der Waals surface area contributed by atoms with E-state index in [4.69, 9.17) is 9.26 Å². The Hall–Kier alpha value is -2.93. The number of piperidine rings is 1. The van der Waals surface area contributed by atoms with Gasteiger partial charge in [0.1, 0.15) is 11.4 Å². The van der Waals surface area contributed by atoms with Crippen molar-refractivity contribution in [1.82, 2.24) is 20.4 Å². The van der Waals surface area contributed by atoms with Crippen LogP contribution in [-0.2, 0) is 0 Å². The van der Waals surface area contributed by atoms with Crippen LogP contribution < -0.4 is 10.1 Å². The first-order chi connectivity index (χ1) is 14.5. The van der Waals surface area contributed by atoms with Gasteiger partial charge in [-0.15, -0.1) is 0 Å². The lowest BCUT2D eigenvalue weighted by atomic mass is 9.97. The molecular formula is C23H26N4O3. The summed E-state index contributed by atoms with van der Waals surface area (Å²) >= 11 is 0. The summed E-state index contributed by atoms with van der Waals surface area (Å²) < 4.78 is 10.8. The lowest BCUT2D eigenvalue weighted by Crippen LogP contribution is -2.48. The van der Waals surface area contributed by atoms with Crippen LogP contribution in [0.4, 0.5) is 0 Å². The van der Waals surface area contributed by atoms with E-state index in [9.17, 15) is 4.79 Å². The molecule has 0 spiro atoms. The Balaban J connectivity index is 1.50. The third-order valence-corrected chi connectivity index (χ3v) is 6.60. The molecule has 2 fully saturated rings. The number of hydrogen-bond acceptors (Lipinski definition) is 6. The van der Waals surface area contributed by atoms with Crippen molar-refractivity contribution < 1.29 is 14.1 Å². The molecule has 2 atom stereocenters. The molecule has 1 aromatic carbocycles. The molecule has 7 heteroatoms. The maximum atomic E-state index is 13.4. The number of amides is 1. The van der Waals surface area contributed by atoms with E-state index in [1.54, 1.807) is 7.11 Å². The summed E-state index contributed by atoms with van der Waals surface area (Å²) in [7, 11) is 3.83. The predicted molar refractivity (Wildman–Crippen MR) is 114 cm³/mol. The lowest BCUT2D eigenvalue weighted by Gasteiger charge is -2.36. The number of ether oxygens (including phenoxy) is 1. The zero-order valence-electron chi connectivity index (χ0n) is 17.5. The maximum absolute atomic E-state index is 13.4. The van der Waals surface area contributed by atoms with Crippen LogP contribution in [0.2, 0.25) is 0 Å². The van der Waals surface area contributed by atoms with Crippen LogP contribution in [-0.4, -0.2) is 53.2 Å². The minimum Gasteiger partial charge on any atom is -0.497 e. The van der Waals surface area contributed by atoms with Crippen LogP contribution in [0.25, 0.3) is 22.4 Å². The van der Waals surface area contributed by atoms with E-state index in [1.807, 2.05) is 37.3 Å². The number of nitrogens with one attached hydrogen (secondary N) is 1. The third-order valence-electron chi connectivity index (χ3n) is 6.60. The summed E-state index contributed by atoms with van der Waals surface area (Å²) in [4.78, 5) is 20.3. The molecule has 2 bridgehead atoms. The quantitative estimate of drug-likeness (QED) is 0.714. The number of rotatable bonds is 4. The van der Waals surface area contributed by atoms with Crippen LogP contribution in [0.1, 0.15) is 41.7 Å². The second-order valence-corrected chi connectivity index (χ2v) is 8.45. The van der Waals surface area contributed by atoms with Gasteiger partial charge in [0.2, 0.25) is 0 Å². The van der Waals surface area contributed by atoms with E-state index in [1.165, 1.54) is 12.8 Å². The number of pyridine rings is 1. The Kier molecular flexibility index (Phi) is 4.70. The second-order valence-electron chi connectivity index (χ2n) is 8.45. The third kappa shape index (κ3) is 3.23. The van der Waals surface area contributed by atoms with Crippen molar-refractivity contribution in [2.45, 2.75) is 50.7 Å². The molecular weight excluding hydrogens is 380 g/mol. The highest BCUT2D eigenvalue weighted by molar-refractivity contribution is 6.09. The van der Waals surface area contributed by atoms with Crippen LogP contribution >= 0.6 is 0 Å². The highest BCUT2D eigenvalue weighted by Crippen LogP contribution is 2.35. The van der Waals surface area contributed by atoms with Crippen molar-refractivity contribution >= 4 is 17.0 Å². The van der Waals surface area contributed by atoms with Gasteiger partial charge in [0.05, 0.1) is 18.1 Å². The van der Waals surface area contributed by atoms with E-state index < -0.39 is 0 Å². The highest BCUT2D eigenvalue weighted by atomic mass is 16.5. The van der Waals surface area contributed by atoms with Gasteiger partial charge in [-0.05, 0) is 57.9 Å². The molecule has 2 saturated heterocycles. The fraction of sp³-hybridized carbons (Fsp3) is 0.435. The van der Waals surface area contributed by atoms with Gasteiger partial charge in [-0.3, -0.25) is 4.79 Å². The number of benzene rings is 1. The molecule has 2 aliphatic rings. The van der Waals surface area contributed by atoms with Crippen molar-refractivity contribution in [2.24, 2.45) is 0 Å². The molecule has 4 heterocycles. The van der Waals surface area contributed by atoms with Gasteiger partial charge in [0.25, 0.3) is 11.6 Å². The van der Waals surface area contributed by atoms with Crippen LogP contribution in [0.3, 0.4) is 0 Å². The minimum atomic E-state index is -0.0909. The number of carbonyl (C=O) groups is 1. The summed E-state index contributed by atoms with van der Waals surface area (Å²) in [6, 6.07) is 10.7. The van der Waals surface area contributed by atoms with Gasteiger partial charge in [-0.25, -0.2) is 4.98 Å². The van der Waals surface area contributed by atoms with Crippen molar-refractivity contribution in [3.05, 3.63) is 41.6 Å². The highest BCUT2D eigenvalue weighted by Gasteiger charge is 2.39. The minimum absolute atomic E-state index is 0.0909. The molecule has 156 valence electrons. The first-order valence-electron chi connectivity index (χ1n) is 10.5. The summed E-state index contributed by atoms with van der Waals surface area (Å²) in [5.41, 5.74) is 3.09. The Bertz CT molecular complexity index is 1100. The zero-order chi connectivity index (χ0) is 20.8. The lowest BCUT2D eigenvalue weighted by molar-refractivity contribution is 0.0884. The number of hydrogen-bond donors (Lipinski definition) is 1. The van der Waals surface area contributed by atoms with E-state index in [2.05, 4.69) is 27.4 Å². The summed E-state index contributed by atoms with van der Waals surface area (Å²) in [6.45, 7) is 1.86. The Morgan fingerprint density at radius 3 is 2.73 bits per heavy atom. The van der Waals surface area contributed by atoms with Gasteiger partial charge in [0, 0.05) is 29.4 Å². The molecule has 2 aliphatic heterocycles. The van der Waals surface area contributed by atoms with Gasteiger partial charge >= 0.3 is 0 Å². The molecule has 5 rings (SSSR count). The van der Waals surface area contributed by atoms with Crippen LogP contribution in [0.5, 0.6) is 5.75 Å². The Labute approximate surface area is 175 Å². The Morgan fingerprint density at radius 1 is 1.23 bits per heavy atom. The first kappa shape index (κ1) is 19.1. The fourth-order valence-electron chi connectivity index (χ4n) is 5.01. The number of nitrogens with zero attached hydrogens (tertiary/aromatic N) is 3. The fourth-order valence-corrected chi connectivity index (χ4v) is 5.01. The predicted octanol–water partition coefficient (Wildman–Crippen LogP) is 3.56. The van der Waals surface area contributed by atoms with Crippen molar-refractivity contribution in [3.63, 3.8) is 0 Å². The summed E-state index contributed by atoms with van der Waals surface area (Å²) in [5, 5.41) is 8.16. The van der Waals surface area contributed by atoms with Crippen molar-refractivity contribution in [3.8, 4) is 17.0 Å².